The van der Waals surface area contributed by atoms with E-state index in [-0.39, 0.29) is 5.02 Å². The van der Waals surface area contributed by atoms with Crippen LogP contribution in [-0.2, 0) is 0 Å². The number of hydrogen-bond acceptors (Lipinski definition) is 3. The molecule has 0 saturated carbocycles. The molecular weight excluding hydrogens is 267 g/mol. The topological polar surface area (TPSA) is 53.6 Å². The molecule has 0 bridgehead atoms. The number of nitrogens with one attached hydrogen (secondary N) is 2. The Labute approximate surface area is 113 Å². The number of aryl methyl sites for hydroxylation is 1. The van der Waals surface area contributed by atoms with Gasteiger partial charge < -0.3 is 10.3 Å². The van der Waals surface area contributed by atoms with Gasteiger partial charge in [-0.1, -0.05) is 11.6 Å². The number of H-pyrrole nitrogens is 1. The fourth-order valence-corrected chi connectivity index (χ4v) is 2.06. The second-order valence-corrected chi connectivity index (χ2v) is 4.60. The second-order valence-electron chi connectivity index (χ2n) is 4.19. The maximum atomic E-state index is 13.1. The van der Waals surface area contributed by atoms with Gasteiger partial charge in [0.25, 0.3) is 0 Å². The molecule has 1 aromatic carbocycles. The fourth-order valence-electron chi connectivity index (χ4n) is 1.88. The first kappa shape index (κ1) is 11.9. The molecule has 2 heterocycles. The van der Waals surface area contributed by atoms with Crippen molar-refractivity contribution in [3.8, 4) is 0 Å². The Balaban J connectivity index is 2.02. The average Bonchev–Trinajstić information content (AvgIpc) is 2.75. The molecule has 0 aliphatic rings. The zero-order valence-electron chi connectivity index (χ0n) is 10.0. The first-order valence-electron chi connectivity index (χ1n) is 5.66. The highest BCUT2D eigenvalue weighted by Crippen LogP contribution is 2.26. The molecule has 0 amide bonds. The zero-order valence-corrected chi connectivity index (χ0v) is 10.8. The van der Waals surface area contributed by atoms with Gasteiger partial charge in [0.15, 0.2) is 0 Å². The van der Waals surface area contributed by atoms with Crippen LogP contribution < -0.4 is 5.32 Å². The van der Waals surface area contributed by atoms with Crippen molar-refractivity contribution in [1.82, 2.24) is 15.0 Å². The van der Waals surface area contributed by atoms with Crippen LogP contribution in [0, 0.1) is 12.7 Å². The van der Waals surface area contributed by atoms with Gasteiger partial charge in [-0.3, -0.25) is 0 Å². The molecule has 0 atom stereocenters. The van der Waals surface area contributed by atoms with E-state index in [0.717, 1.165) is 16.7 Å². The number of anilines is 2. The molecule has 96 valence electrons. The Morgan fingerprint density at radius 2 is 2.11 bits per heavy atom. The monoisotopic (exact) mass is 276 g/mol. The Morgan fingerprint density at radius 1 is 1.26 bits per heavy atom. The third kappa shape index (κ3) is 2.24. The molecule has 3 rings (SSSR count). The summed E-state index contributed by atoms with van der Waals surface area (Å²) in [5.41, 5.74) is 2.42. The van der Waals surface area contributed by atoms with E-state index in [1.54, 1.807) is 6.07 Å². The van der Waals surface area contributed by atoms with Crippen molar-refractivity contribution < 1.29 is 4.39 Å². The van der Waals surface area contributed by atoms with Crippen LogP contribution in [0.1, 0.15) is 5.69 Å². The standard InChI is InChI=1S/C13H10ClFN4/c1-7-4-9-12(18-7)16-6-17-13(9)19-8-2-3-11(15)10(14)5-8/h2-6H,1H3,(H2,16,17,18,19). The van der Waals surface area contributed by atoms with Crippen LogP contribution in [0.25, 0.3) is 11.0 Å². The lowest BCUT2D eigenvalue weighted by Crippen LogP contribution is -1.95. The molecule has 0 spiro atoms. The van der Waals surface area contributed by atoms with Crippen LogP contribution in [0.15, 0.2) is 30.6 Å². The van der Waals surface area contributed by atoms with E-state index in [2.05, 4.69) is 20.3 Å². The molecule has 0 saturated heterocycles. The maximum absolute atomic E-state index is 13.1. The molecule has 2 N–H and O–H groups in total. The third-order valence-electron chi connectivity index (χ3n) is 2.74. The first-order valence-corrected chi connectivity index (χ1v) is 6.03. The lowest BCUT2D eigenvalue weighted by molar-refractivity contribution is 0.628. The molecule has 0 aliphatic carbocycles. The molecule has 6 heteroatoms. The van der Waals surface area contributed by atoms with Crippen molar-refractivity contribution in [2.24, 2.45) is 0 Å². The summed E-state index contributed by atoms with van der Waals surface area (Å²) in [6.07, 6.45) is 1.46. The van der Waals surface area contributed by atoms with Crippen LogP contribution in [0.4, 0.5) is 15.9 Å². The molecule has 0 aliphatic heterocycles. The lowest BCUT2D eigenvalue weighted by Gasteiger charge is -2.06. The Kier molecular flexibility index (Phi) is 2.83. The van der Waals surface area contributed by atoms with Crippen molar-refractivity contribution in [2.75, 3.05) is 5.32 Å². The van der Waals surface area contributed by atoms with Gasteiger partial charge in [-0.15, -0.1) is 0 Å². The minimum Gasteiger partial charge on any atom is -0.343 e. The highest BCUT2D eigenvalue weighted by Gasteiger charge is 2.07. The maximum Gasteiger partial charge on any atom is 0.143 e. The number of benzene rings is 1. The van der Waals surface area contributed by atoms with Crippen molar-refractivity contribution >= 4 is 34.1 Å². The quantitative estimate of drug-likeness (QED) is 0.748. The van der Waals surface area contributed by atoms with Gasteiger partial charge in [0.1, 0.15) is 23.6 Å². The Hall–Kier alpha value is -2.14. The number of halogens is 2. The van der Waals surface area contributed by atoms with E-state index < -0.39 is 5.82 Å². The number of aromatic amines is 1. The van der Waals surface area contributed by atoms with E-state index in [0.29, 0.717) is 11.5 Å². The summed E-state index contributed by atoms with van der Waals surface area (Å²) < 4.78 is 13.1. The normalized spacial score (nSPS) is 10.9. The van der Waals surface area contributed by atoms with Crippen molar-refractivity contribution in [2.45, 2.75) is 6.92 Å². The van der Waals surface area contributed by atoms with Crippen molar-refractivity contribution in [3.05, 3.63) is 47.1 Å². The van der Waals surface area contributed by atoms with E-state index in [1.807, 2.05) is 13.0 Å². The number of aromatic nitrogens is 3. The number of hydrogen-bond donors (Lipinski definition) is 2. The molecule has 0 radical (unpaired) electrons. The predicted molar refractivity (Wildman–Crippen MR) is 73.3 cm³/mol. The summed E-state index contributed by atoms with van der Waals surface area (Å²) in [5, 5.41) is 4.05. The second kappa shape index (κ2) is 4.51. The van der Waals surface area contributed by atoms with Crippen LogP contribution in [0.5, 0.6) is 0 Å². The summed E-state index contributed by atoms with van der Waals surface area (Å²) in [4.78, 5) is 11.5. The van der Waals surface area contributed by atoms with Gasteiger partial charge in [-0.2, -0.15) is 0 Å². The molecule has 2 aromatic heterocycles. The highest BCUT2D eigenvalue weighted by molar-refractivity contribution is 6.31. The Bertz CT molecular complexity index is 753. The zero-order chi connectivity index (χ0) is 13.4. The highest BCUT2D eigenvalue weighted by atomic mass is 35.5. The molecule has 3 aromatic rings. The van der Waals surface area contributed by atoms with Crippen LogP contribution in [-0.4, -0.2) is 15.0 Å². The van der Waals surface area contributed by atoms with E-state index in [1.165, 1.54) is 18.5 Å². The molecule has 0 fully saturated rings. The van der Waals surface area contributed by atoms with Crippen LogP contribution >= 0.6 is 11.6 Å². The minimum absolute atomic E-state index is 0.0700. The Morgan fingerprint density at radius 3 is 2.89 bits per heavy atom. The number of rotatable bonds is 2. The summed E-state index contributed by atoms with van der Waals surface area (Å²) in [5.74, 6) is 0.203. The molecule has 19 heavy (non-hydrogen) atoms. The number of fused-ring (bicyclic) bond motifs is 1. The van der Waals surface area contributed by atoms with E-state index >= 15 is 0 Å². The molecule has 4 nitrogen and oxygen atoms in total. The predicted octanol–water partition coefficient (Wildman–Crippen LogP) is 3.80. The largest absolute Gasteiger partial charge is 0.343 e. The van der Waals surface area contributed by atoms with Gasteiger partial charge in [-0.05, 0) is 31.2 Å². The van der Waals surface area contributed by atoms with E-state index in [4.69, 9.17) is 11.6 Å². The summed E-state index contributed by atoms with van der Waals surface area (Å²) in [6, 6.07) is 6.38. The van der Waals surface area contributed by atoms with Gasteiger partial charge in [0, 0.05) is 11.4 Å². The third-order valence-corrected chi connectivity index (χ3v) is 3.03. The smallest absolute Gasteiger partial charge is 0.143 e. The van der Waals surface area contributed by atoms with Crippen molar-refractivity contribution in [1.29, 1.82) is 0 Å². The summed E-state index contributed by atoms with van der Waals surface area (Å²) >= 11 is 5.75. The number of nitrogens with zero attached hydrogens (tertiary/aromatic N) is 2. The van der Waals surface area contributed by atoms with Gasteiger partial charge in [0.05, 0.1) is 10.4 Å². The first-order chi connectivity index (χ1) is 9.13. The average molecular weight is 277 g/mol. The van der Waals surface area contributed by atoms with Crippen LogP contribution in [0.3, 0.4) is 0 Å². The van der Waals surface area contributed by atoms with E-state index in [9.17, 15) is 4.39 Å². The SMILES string of the molecule is Cc1cc2c(Nc3ccc(F)c(Cl)c3)ncnc2[nH]1. The van der Waals surface area contributed by atoms with Crippen LogP contribution in [0.2, 0.25) is 5.02 Å². The molecule has 0 unspecified atom stereocenters. The van der Waals surface area contributed by atoms with Gasteiger partial charge in [0.2, 0.25) is 0 Å². The summed E-state index contributed by atoms with van der Waals surface area (Å²) in [6.45, 7) is 1.94. The minimum atomic E-state index is -0.447. The summed E-state index contributed by atoms with van der Waals surface area (Å²) in [7, 11) is 0. The van der Waals surface area contributed by atoms with Gasteiger partial charge >= 0.3 is 0 Å². The van der Waals surface area contributed by atoms with Crippen molar-refractivity contribution in [3.63, 3.8) is 0 Å². The van der Waals surface area contributed by atoms with Gasteiger partial charge in [-0.25, -0.2) is 14.4 Å². The molecular formula is C13H10ClFN4. The lowest BCUT2D eigenvalue weighted by atomic mass is 10.3. The fraction of sp³-hybridized carbons (Fsp3) is 0.0769.